The topological polar surface area (TPSA) is 168 Å². The van der Waals surface area contributed by atoms with Crippen LogP contribution in [0.3, 0.4) is 0 Å². The van der Waals surface area contributed by atoms with Crippen LogP contribution in [0.25, 0.3) is 44.9 Å². The van der Waals surface area contributed by atoms with E-state index in [4.69, 9.17) is 10.7 Å². The van der Waals surface area contributed by atoms with Gasteiger partial charge in [-0.3, -0.25) is 14.4 Å². The van der Waals surface area contributed by atoms with Crippen molar-refractivity contribution >= 4 is 119 Å². The van der Waals surface area contributed by atoms with E-state index in [1.165, 1.54) is 134 Å². The molecule has 93 heavy (non-hydrogen) atoms. The minimum Gasteiger partial charge on any atom is -0.338 e. The van der Waals surface area contributed by atoms with Gasteiger partial charge in [0, 0.05) is 62.5 Å². The molecular formula is C71H58BrClF5N3O9S3. The molecule has 0 saturated heterocycles. The van der Waals surface area contributed by atoms with Crippen LogP contribution in [0.5, 0.6) is 0 Å². The van der Waals surface area contributed by atoms with Gasteiger partial charge in [0.05, 0.1) is 42.6 Å². The average Bonchev–Trinajstić information content (AvgIpc) is 1.67. The molecule has 0 N–H and O–H groups in total. The van der Waals surface area contributed by atoms with Gasteiger partial charge in [-0.15, -0.1) is 0 Å². The highest BCUT2D eigenvalue weighted by molar-refractivity contribution is 9.09. The summed E-state index contributed by atoms with van der Waals surface area (Å²) in [6.45, 7) is 0.834. The van der Waals surface area contributed by atoms with Crippen LogP contribution in [-0.2, 0) is 53.3 Å². The molecule has 4 aliphatic carbocycles. The van der Waals surface area contributed by atoms with Gasteiger partial charge < -0.3 is 4.57 Å². The molecule has 3 aromatic heterocycles. The van der Waals surface area contributed by atoms with Crippen LogP contribution < -0.4 is 0 Å². The Bertz CT molecular complexity index is 4920. The van der Waals surface area contributed by atoms with E-state index in [0.717, 1.165) is 61.6 Å². The lowest BCUT2D eigenvalue weighted by Crippen LogP contribution is -2.15. The minimum absolute atomic E-state index is 0.0369. The van der Waals surface area contributed by atoms with Crippen molar-refractivity contribution in [2.75, 3.05) is 5.33 Å². The molecule has 0 amide bonds. The largest absolute Gasteiger partial charge is 0.338 e. The highest BCUT2D eigenvalue weighted by Crippen LogP contribution is 2.34. The Morgan fingerprint density at radius 2 is 0.946 bits per heavy atom. The number of hydrogen-bond acceptors (Lipinski definition) is 9. The third kappa shape index (κ3) is 16.9. The second kappa shape index (κ2) is 30.7. The zero-order valence-corrected chi connectivity index (χ0v) is 54.1. The first kappa shape index (κ1) is 68.5. The standard InChI is InChI=1S/C15H10FNO3S.C14H10FNO2S.C13H12FNO.C10H7FO.C9H7F.C6H5ClO2S.C4H7Br/c16-14-7-4-8-15-13(14)9-11(10-18)17(15)21(19,20)12-5-2-1-3-6-12;15-13-7-4-8-14-12(13)9-10-16(14)19(17,18)11-5-2-1-3-6-11;14-12-2-1-3-13-11(12)6-10(8-16)15(13)7-9-4-5-9;11-10-3-1-2-8-4-7(6-12)5-9(8)10;10-9-6-2-4-7-3-1-5-8(7)9;7-10(8,9)6-4-2-1-3-5-6;5-3-4-1-2-4/h1-10H;1-10H;1-3,6,8-9H,4-5,7H2;1-3,5-6H,4H2;1-2,4-6H,3H2;1-5H;4H,1-3H2. The van der Waals surface area contributed by atoms with Crippen LogP contribution in [-0.4, -0.2) is 62.0 Å². The summed E-state index contributed by atoms with van der Waals surface area (Å²) in [5.41, 5.74) is 5.75. The Balaban J connectivity index is 0.000000132. The number of allylic oxidation sites excluding steroid dienone is 2. The van der Waals surface area contributed by atoms with Crippen LogP contribution in [0.15, 0.2) is 233 Å². The lowest BCUT2D eigenvalue weighted by atomic mass is 10.1. The molecule has 22 heteroatoms. The molecule has 0 atom stereocenters. The van der Waals surface area contributed by atoms with E-state index in [9.17, 15) is 61.6 Å². The van der Waals surface area contributed by atoms with Crippen molar-refractivity contribution in [1.29, 1.82) is 0 Å². The van der Waals surface area contributed by atoms with Crippen molar-refractivity contribution in [3.05, 3.63) is 281 Å². The van der Waals surface area contributed by atoms with Crippen molar-refractivity contribution in [3.8, 4) is 0 Å². The summed E-state index contributed by atoms with van der Waals surface area (Å²) in [6, 6.07) is 51.5. The first-order valence-electron chi connectivity index (χ1n) is 29.0. The van der Waals surface area contributed by atoms with E-state index in [-0.39, 0.29) is 48.7 Å². The van der Waals surface area contributed by atoms with Crippen LogP contribution >= 0.6 is 26.6 Å². The van der Waals surface area contributed by atoms with Crippen molar-refractivity contribution in [1.82, 2.24) is 12.5 Å². The summed E-state index contributed by atoms with van der Waals surface area (Å²) in [7, 11) is -6.15. The van der Waals surface area contributed by atoms with Crippen molar-refractivity contribution in [3.63, 3.8) is 0 Å². The Hall–Kier alpha value is -8.86. The van der Waals surface area contributed by atoms with E-state index in [0.29, 0.717) is 51.7 Å². The van der Waals surface area contributed by atoms with Gasteiger partial charge in [0.15, 0.2) is 12.6 Å². The summed E-state index contributed by atoms with van der Waals surface area (Å²) in [6.07, 6.45) is 15.6. The fraction of sp³-hybridized carbons (Fsp3) is 0.141. The normalized spacial score (nSPS) is 13.5. The number of nitrogens with zero attached hydrogens (tertiary/aromatic N) is 3. The number of rotatable bonds is 11. The lowest BCUT2D eigenvalue weighted by molar-refractivity contribution is -0.104. The molecule has 0 aliphatic heterocycles. The van der Waals surface area contributed by atoms with Gasteiger partial charge in [0.1, 0.15) is 35.4 Å². The van der Waals surface area contributed by atoms with Gasteiger partial charge in [-0.05, 0) is 170 Å². The Morgan fingerprint density at radius 3 is 1.44 bits per heavy atom. The van der Waals surface area contributed by atoms with Crippen LogP contribution in [0.2, 0.25) is 0 Å². The SMILES string of the molecule is BrCC1CC1.Fc1cccc2c1C=CC2.O=CC1=Cc2c(F)cccc2C1.O=Cc1cc2c(F)cccc2n1CC1CC1.O=Cc1cc2c(F)cccc2n1S(=O)(=O)c1ccccc1.O=S(=O)(Cl)c1ccccc1.O=S(=O)(c1ccccc1)n1ccc2c(F)cccc21. The van der Waals surface area contributed by atoms with E-state index in [1.54, 1.807) is 91.0 Å². The number of halogens is 7. The Morgan fingerprint density at radius 1 is 0.473 bits per heavy atom. The minimum atomic E-state index is -3.96. The second-order valence-electron chi connectivity index (χ2n) is 21.6. The molecule has 478 valence electrons. The van der Waals surface area contributed by atoms with Gasteiger partial charge >= 0.3 is 0 Å². The third-order valence-corrected chi connectivity index (χ3v) is 20.8. The molecule has 11 aromatic rings. The molecule has 0 bridgehead atoms. The number of aldehydes is 3. The van der Waals surface area contributed by atoms with Crippen molar-refractivity contribution in [2.45, 2.75) is 59.8 Å². The molecule has 0 unspecified atom stereocenters. The molecule has 2 fully saturated rings. The molecule has 2 saturated carbocycles. The van der Waals surface area contributed by atoms with Gasteiger partial charge in [-0.1, -0.05) is 125 Å². The maximum Gasteiger partial charge on any atom is 0.268 e. The number of alkyl halides is 1. The highest BCUT2D eigenvalue weighted by atomic mass is 79.9. The summed E-state index contributed by atoms with van der Waals surface area (Å²) in [5.74, 6) is 0.107. The zero-order valence-electron chi connectivity index (χ0n) is 49.3. The fourth-order valence-corrected chi connectivity index (χ4v) is 14.2. The first-order valence-corrected chi connectivity index (χ1v) is 35.3. The second-order valence-corrected chi connectivity index (χ2v) is 28.4. The molecule has 3 heterocycles. The molecule has 0 spiro atoms. The van der Waals surface area contributed by atoms with Crippen LogP contribution in [0, 0.1) is 40.9 Å². The van der Waals surface area contributed by atoms with Crippen LogP contribution in [0.4, 0.5) is 22.0 Å². The van der Waals surface area contributed by atoms with Gasteiger partial charge in [0.2, 0.25) is 0 Å². The van der Waals surface area contributed by atoms with Gasteiger partial charge in [0.25, 0.3) is 29.1 Å². The molecular weight excluding hydrogens is 1350 g/mol. The summed E-state index contributed by atoms with van der Waals surface area (Å²) in [4.78, 5) is 32.9. The fourth-order valence-electron chi connectivity index (χ4n) is 9.92. The predicted molar refractivity (Wildman–Crippen MR) is 357 cm³/mol. The van der Waals surface area contributed by atoms with Gasteiger partial charge in [-0.2, -0.15) is 0 Å². The van der Waals surface area contributed by atoms with Crippen molar-refractivity contribution in [2.24, 2.45) is 11.8 Å². The number of hydrogen-bond donors (Lipinski definition) is 0. The number of benzene rings is 8. The lowest BCUT2D eigenvalue weighted by Gasteiger charge is -2.09. The molecule has 0 radical (unpaired) electrons. The van der Waals surface area contributed by atoms with E-state index in [1.807, 2.05) is 34.9 Å². The number of fused-ring (bicyclic) bond motifs is 5. The van der Waals surface area contributed by atoms with Crippen LogP contribution in [0.1, 0.15) is 68.9 Å². The Kier molecular flexibility index (Phi) is 22.6. The third-order valence-electron chi connectivity index (χ3n) is 15.0. The zero-order chi connectivity index (χ0) is 66.5. The van der Waals surface area contributed by atoms with Gasteiger partial charge in [-0.25, -0.2) is 55.2 Å². The molecule has 12 nitrogen and oxygen atoms in total. The molecule has 8 aromatic carbocycles. The maximum absolute atomic E-state index is 13.8. The monoisotopic (exact) mass is 1400 g/mol. The first-order chi connectivity index (χ1) is 44.7. The predicted octanol–water partition coefficient (Wildman–Crippen LogP) is 16.6. The molecule has 4 aliphatic rings. The van der Waals surface area contributed by atoms with E-state index < -0.39 is 40.7 Å². The quantitative estimate of drug-likeness (QED) is 0.0529. The summed E-state index contributed by atoms with van der Waals surface area (Å²) >= 11 is 3.38. The molecule has 15 rings (SSSR count). The Labute approximate surface area is 547 Å². The average molecular weight is 1400 g/mol. The van der Waals surface area contributed by atoms with E-state index >= 15 is 0 Å². The number of carbonyl (C=O) groups is 3. The number of carbonyl (C=O) groups excluding carboxylic acids is 3. The summed E-state index contributed by atoms with van der Waals surface area (Å²) < 4.78 is 142. The smallest absolute Gasteiger partial charge is 0.268 e. The highest BCUT2D eigenvalue weighted by Gasteiger charge is 2.26. The number of aromatic nitrogens is 3. The van der Waals surface area contributed by atoms with Crippen molar-refractivity contribution < 1.29 is 61.6 Å². The van der Waals surface area contributed by atoms with E-state index in [2.05, 4.69) is 15.9 Å². The summed E-state index contributed by atoms with van der Waals surface area (Å²) in [5, 5.41) is 2.17. The maximum atomic E-state index is 13.8.